The van der Waals surface area contributed by atoms with E-state index in [1.54, 1.807) is 19.0 Å². The van der Waals surface area contributed by atoms with Gasteiger partial charge in [-0.25, -0.2) is 0 Å². The smallest absolute Gasteiger partial charge is 0.236 e. The van der Waals surface area contributed by atoms with Crippen LogP contribution in [0.4, 0.5) is 0 Å². The number of carbonyl (C=O) groups excluding carboxylic acids is 1. The lowest BCUT2D eigenvalue weighted by molar-refractivity contribution is -0.129. The Balaban J connectivity index is 2.19. The summed E-state index contributed by atoms with van der Waals surface area (Å²) < 4.78 is 0. The maximum Gasteiger partial charge on any atom is 0.236 e. The van der Waals surface area contributed by atoms with Crippen molar-refractivity contribution in [3.63, 3.8) is 0 Å². The minimum atomic E-state index is 0.183. The minimum absolute atomic E-state index is 0.183. The summed E-state index contributed by atoms with van der Waals surface area (Å²) in [6, 6.07) is 0.719. The highest BCUT2D eigenvalue weighted by atomic mass is 16.2. The van der Waals surface area contributed by atoms with Crippen LogP contribution < -0.4 is 0 Å². The first-order valence-electron chi connectivity index (χ1n) is 6.09. The Morgan fingerprint density at radius 1 is 1.38 bits per heavy atom. The van der Waals surface area contributed by atoms with Crippen molar-refractivity contribution in [3.05, 3.63) is 0 Å². The summed E-state index contributed by atoms with van der Waals surface area (Å²) in [7, 11) is 7.83. The van der Waals surface area contributed by atoms with E-state index in [0.717, 1.165) is 12.6 Å². The van der Waals surface area contributed by atoms with Gasteiger partial charge in [-0.05, 0) is 46.4 Å². The van der Waals surface area contributed by atoms with E-state index in [1.807, 2.05) is 7.05 Å². The molecule has 0 saturated carbocycles. The van der Waals surface area contributed by atoms with Crippen LogP contribution in [0.2, 0.25) is 0 Å². The van der Waals surface area contributed by atoms with E-state index in [4.69, 9.17) is 0 Å². The van der Waals surface area contributed by atoms with Crippen LogP contribution >= 0.6 is 0 Å². The van der Waals surface area contributed by atoms with Gasteiger partial charge >= 0.3 is 0 Å². The highest BCUT2D eigenvalue weighted by Crippen LogP contribution is 2.17. The van der Waals surface area contributed by atoms with Gasteiger partial charge in [-0.3, -0.25) is 9.69 Å². The van der Waals surface area contributed by atoms with Crippen LogP contribution in [0, 0.1) is 0 Å². The van der Waals surface area contributed by atoms with Crippen molar-refractivity contribution in [3.8, 4) is 0 Å². The van der Waals surface area contributed by atoms with Crippen LogP contribution in [0.15, 0.2) is 0 Å². The van der Waals surface area contributed by atoms with Crippen LogP contribution in [-0.4, -0.2) is 74.5 Å². The number of likely N-dealkylation sites (tertiary alicyclic amines) is 1. The minimum Gasteiger partial charge on any atom is -0.348 e. The van der Waals surface area contributed by atoms with Crippen molar-refractivity contribution in [1.29, 1.82) is 0 Å². The Morgan fingerprint density at radius 2 is 2.06 bits per heavy atom. The van der Waals surface area contributed by atoms with Gasteiger partial charge in [0.05, 0.1) is 6.54 Å². The molecule has 0 unspecified atom stereocenters. The second kappa shape index (κ2) is 6.21. The van der Waals surface area contributed by atoms with Gasteiger partial charge in [0.25, 0.3) is 0 Å². The molecule has 1 amide bonds. The number of nitrogens with zero attached hydrogens (tertiary/aromatic N) is 3. The van der Waals surface area contributed by atoms with Crippen LogP contribution in [0.3, 0.4) is 0 Å². The number of hydrogen-bond donors (Lipinski definition) is 0. The van der Waals surface area contributed by atoms with Crippen molar-refractivity contribution < 1.29 is 4.79 Å². The fraction of sp³-hybridized carbons (Fsp3) is 0.917. The molecule has 94 valence electrons. The Morgan fingerprint density at radius 3 is 2.56 bits per heavy atom. The van der Waals surface area contributed by atoms with Crippen LogP contribution in [-0.2, 0) is 4.79 Å². The van der Waals surface area contributed by atoms with Crippen LogP contribution in [0.25, 0.3) is 0 Å². The van der Waals surface area contributed by atoms with Crippen LogP contribution in [0.5, 0.6) is 0 Å². The zero-order valence-electron chi connectivity index (χ0n) is 11.1. The van der Waals surface area contributed by atoms with Crippen molar-refractivity contribution in [2.24, 2.45) is 0 Å². The molecule has 0 aromatic heterocycles. The van der Waals surface area contributed by atoms with Crippen molar-refractivity contribution in [2.75, 3.05) is 47.8 Å². The zero-order valence-corrected chi connectivity index (χ0v) is 11.1. The average molecular weight is 227 g/mol. The predicted octanol–water partition coefficient (Wildman–Crippen LogP) is 0.491. The third kappa shape index (κ3) is 4.10. The van der Waals surface area contributed by atoms with Gasteiger partial charge in [0.15, 0.2) is 0 Å². The van der Waals surface area contributed by atoms with Crippen LogP contribution in [0.1, 0.15) is 19.3 Å². The molecule has 0 bridgehead atoms. The highest BCUT2D eigenvalue weighted by molar-refractivity contribution is 5.77. The molecule has 0 radical (unpaired) electrons. The van der Waals surface area contributed by atoms with Gasteiger partial charge in [0, 0.05) is 20.1 Å². The maximum atomic E-state index is 11.5. The topological polar surface area (TPSA) is 26.8 Å². The van der Waals surface area contributed by atoms with Gasteiger partial charge in [-0.2, -0.15) is 0 Å². The number of hydrogen-bond acceptors (Lipinski definition) is 3. The SMILES string of the molecule is CN(CC[C@H]1CCCN1C)CC(=O)N(C)C. The second-order valence-corrected chi connectivity index (χ2v) is 5.09. The molecule has 1 saturated heterocycles. The number of carbonyl (C=O) groups is 1. The molecule has 0 aromatic carbocycles. The molecular weight excluding hydrogens is 202 g/mol. The van der Waals surface area contributed by atoms with Gasteiger partial charge in [0.2, 0.25) is 5.91 Å². The third-order valence-electron chi connectivity index (χ3n) is 3.42. The summed E-state index contributed by atoms with van der Waals surface area (Å²) in [4.78, 5) is 17.7. The molecule has 1 aliphatic heterocycles. The molecule has 4 heteroatoms. The van der Waals surface area contributed by atoms with E-state index >= 15 is 0 Å². The Kier molecular flexibility index (Phi) is 5.22. The van der Waals surface area contributed by atoms with E-state index in [2.05, 4.69) is 16.8 Å². The lowest BCUT2D eigenvalue weighted by Gasteiger charge is -2.23. The lowest BCUT2D eigenvalue weighted by atomic mass is 10.1. The van der Waals surface area contributed by atoms with E-state index < -0.39 is 0 Å². The second-order valence-electron chi connectivity index (χ2n) is 5.09. The Bertz CT molecular complexity index is 230. The van der Waals surface area contributed by atoms with Crippen molar-refractivity contribution in [1.82, 2.24) is 14.7 Å². The van der Waals surface area contributed by atoms with Gasteiger partial charge in [-0.15, -0.1) is 0 Å². The lowest BCUT2D eigenvalue weighted by Crippen LogP contribution is -2.36. The van der Waals surface area contributed by atoms with Gasteiger partial charge in [0.1, 0.15) is 0 Å². The first-order chi connectivity index (χ1) is 7.50. The summed E-state index contributed by atoms with van der Waals surface area (Å²) in [5, 5.41) is 0. The first-order valence-corrected chi connectivity index (χ1v) is 6.09. The fourth-order valence-electron chi connectivity index (χ4n) is 2.16. The molecule has 1 fully saturated rings. The summed E-state index contributed by atoms with van der Waals surface area (Å²) >= 11 is 0. The Labute approximate surface area is 99.2 Å². The molecule has 16 heavy (non-hydrogen) atoms. The zero-order chi connectivity index (χ0) is 12.1. The maximum absolute atomic E-state index is 11.5. The van der Waals surface area contributed by atoms with E-state index in [0.29, 0.717) is 6.54 Å². The molecule has 1 rings (SSSR count). The standard InChI is InChI=1S/C12H25N3O/c1-13(2)12(16)10-14(3)9-7-11-6-5-8-15(11)4/h11H,5-10H2,1-4H3/t11-/m1/s1. The van der Waals surface area contributed by atoms with Gasteiger partial charge < -0.3 is 9.80 Å². The molecule has 0 spiro atoms. The van der Waals surface area contributed by atoms with E-state index in [-0.39, 0.29) is 5.91 Å². The summed E-state index contributed by atoms with van der Waals surface area (Å²) in [6.45, 7) is 2.77. The molecule has 1 atom stereocenters. The van der Waals surface area contributed by atoms with Crippen molar-refractivity contribution in [2.45, 2.75) is 25.3 Å². The molecule has 1 heterocycles. The number of amides is 1. The van der Waals surface area contributed by atoms with E-state index in [1.165, 1.54) is 25.8 Å². The summed E-state index contributed by atoms with van der Waals surface area (Å²) in [5.41, 5.74) is 0. The normalized spacial score (nSPS) is 21.7. The molecule has 0 aliphatic carbocycles. The monoisotopic (exact) mass is 227 g/mol. The molecule has 0 aromatic rings. The largest absolute Gasteiger partial charge is 0.348 e. The summed E-state index contributed by atoms with van der Waals surface area (Å²) in [6.07, 6.45) is 3.81. The number of likely N-dealkylation sites (N-methyl/N-ethyl adjacent to an activating group) is 2. The van der Waals surface area contributed by atoms with Crippen molar-refractivity contribution >= 4 is 5.91 Å². The molecule has 4 nitrogen and oxygen atoms in total. The third-order valence-corrected chi connectivity index (χ3v) is 3.42. The molecule has 0 N–H and O–H groups in total. The summed E-state index contributed by atoms with van der Waals surface area (Å²) in [5.74, 6) is 0.183. The first kappa shape index (κ1) is 13.5. The molecule has 1 aliphatic rings. The Hall–Kier alpha value is -0.610. The quantitative estimate of drug-likeness (QED) is 0.684. The molecular formula is C12H25N3O. The highest BCUT2D eigenvalue weighted by Gasteiger charge is 2.21. The van der Waals surface area contributed by atoms with Gasteiger partial charge in [-0.1, -0.05) is 0 Å². The van der Waals surface area contributed by atoms with E-state index in [9.17, 15) is 4.79 Å². The predicted molar refractivity (Wildman–Crippen MR) is 66.5 cm³/mol. The fourth-order valence-corrected chi connectivity index (χ4v) is 2.16. The average Bonchev–Trinajstić information content (AvgIpc) is 2.61. The number of rotatable bonds is 5.